The molecule has 0 spiro atoms. The fraction of sp³-hybridized carbons (Fsp3) is 0. The minimum Gasteiger partial charge on any atom is -1.00 e. The van der Waals surface area contributed by atoms with Crippen LogP contribution in [0.3, 0.4) is 0 Å². The van der Waals surface area contributed by atoms with Crippen LogP contribution in [0.15, 0.2) is 36.4 Å². The van der Waals surface area contributed by atoms with E-state index >= 15 is 0 Å². The third kappa shape index (κ3) is 3.35. The predicted octanol–water partition coefficient (Wildman–Crippen LogP) is -3.53. The number of hydrogen-bond acceptors (Lipinski definition) is 2. The predicted molar refractivity (Wildman–Crippen MR) is 60.1 cm³/mol. The van der Waals surface area contributed by atoms with Crippen molar-refractivity contribution in [1.29, 1.82) is 0 Å². The first-order valence-electron chi connectivity index (χ1n) is 4.59. The Labute approximate surface area is 151 Å². The van der Waals surface area contributed by atoms with Crippen LogP contribution < -0.4 is 59.1 Å². The van der Waals surface area contributed by atoms with Gasteiger partial charge in [-0.25, -0.2) is 9.59 Å². The molecule has 0 aliphatic rings. The molecule has 0 atom stereocenters. The molecule has 6 heteroatoms. The molecule has 0 radical (unpaired) electrons. The molecule has 2 aromatic rings. The van der Waals surface area contributed by atoms with Crippen molar-refractivity contribution in [3.05, 3.63) is 47.5 Å². The second-order valence-electron chi connectivity index (χ2n) is 3.32. The molecule has 0 aromatic heterocycles. The molecular weight excluding hydrogens is 254 g/mol. The summed E-state index contributed by atoms with van der Waals surface area (Å²) in [5.74, 6) is -2.12. The molecule has 0 aliphatic heterocycles. The van der Waals surface area contributed by atoms with Gasteiger partial charge >= 0.3 is 71.1 Å². The summed E-state index contributed by atoms with van der Waals surface area (Å²) >= 11 is 0. The van der Waals surface area contributed by atoms with Crippen molar-refractivity contribution < 1.29 is 81.8 Å². The van der Waals surface area contributed by atoms with Crippen LogP contribution in [-0.2, 0) is 0 Å². The fourth-order valence-electron chi connectivity index (χ4n) is 1.68. The van der Waals surface area contributed by atoms with Crippen LogP contribution in [-0.4, -0.2) is 22.2 Å². The number of hydrogen-bond donors (Lipinski definition) is 2. The van der Waals surface area contributed by atoms with E-state index in [9.17, 15) is 9.59 Å². The maximum absolute atomic E-state index is 10.9. The van der Waals surface area contributed by atoms with Gasteiger partial charge in [0.05, 0.1) is 11.1 Å². The summed E-state index contributed by atoms with van der Waals surface area (Å²) in [6.07, 6.45) is 0. The van der Waals surface area contributed by atoms with E-state index in [4.69, 9.17) is 10.2 Å². The summed E-state index contributed by atoms with van der Waals surface area (Å²) in [5, 5.41) is 18.8. The molecule has 0 amide bonds. The number of aromatic carboxylic acids is 2. The van der Waals surface area contributed by atoms with E-state index in [1.165, 1.54) is 24.3 Å². The van der Waals surface area contributed by atoms with Gasteiger partial charge in [-0.3, -0.25) is 0 Å². The maximum atomic E-state index is 10.9. The van der Waals surface area contributed by atoms with E-state index in [2.05, 4.69) is 0 Å². The van der Waals surface area contributed by atoms with E-state index in [1.54, 1.807) is 12.1 Å². The largest absolute Gasteiger partial charge is 1.00 e. The summed E-state index contributed by atoms with van der Waals surface area (Å²) in [4.78, 5) is 21.9. The molecule has 84 valence electrons. The number of carboxylic acids is 2. The molecule has 0 saturated carbocycles. The van der Waals surface area contributed by atoms with Crippen LogP contribution in [0.5, 0.6) is 0 Å². The molecule has 0 heterocycles. The van der Waals surface area contributed by atoms with Crippen LogP contribution in [0.4, 0.5) is 0 Å². The Morgan fingerprint density at radius 1 is 0.778 bits per heavy atom. The molecule has 18 heavy (non-hydrogen) atoms. The van der Waals surface area contributed by atoms with E-state index in [-0.39, 0.29) is 73.1 Å². The number of rotatable bonds is 2. The van der Waals surface area contributed by atoms with E-state index in [0.717, 1.165) is 0 Å². The van der Waals surface area contributed by atoms with Crippen LogP contribution in [0.1, 0.15) is 23.6 Å². The second-order valence-corrected chi connectivity index (χ2v) is 3.32. The van der Waals surface area contributed by atoms with E-state index in [1.807, 2.05) is 0 Å². The van der Waals surface area contributed by atoms with Crippen molar-refractivity contribution in [2.24, 2.45) is 0 Å². The number of carboxylic acid groups (broad SMARTS) is 2. The Morgan fingerprint density at radius 3 is 1.39 bits per heavy atom. The van der Waals surface area contributed by atoms with Crippen molar-refractivity contribution in [2.45, 2.75) is 0 Å². The van der Waals surface area contributed by atoms with Gasteiger partial charge in [0, 0.05) is 0 Å². The number of carbonyl (C=O) groups is 2. The Kier molecular flexibility index (Phi) is 7.14. The number of benzene rings is 2. The Bertz CT molecular complexity index is 552. The first kappa shape index (κ1) is 17.6. The maximum Gasteiger partial charge on any atom is 1.00 e. The van der Waals surface area contributed by atoms with Gasteiger partial charge in [-0.1, -0.05) is 24.3 Å². The SMILES string of the molecule is O=C(O)c1cccc2c(C(=O)O)cccc12.[H-].[H-].[Na+].[Na+]. The number of fused-ring (bicyclic) bond motifs is 1. The van der Waals surface area contributed by atoms with Crippen molar-refractivity contribution in [1.82, 2.24) is 0 Å². The molecule has 0 saturated heterocycles. The van der Waals surface area contributed by atoms with Gasteiger partial charge in [-0.15, -0.1) is 0 Å². The Balaban J connectivity index is -0.000000722. The average Bonchev–Trinajstić information content (AvgIpc) is 2.27. The topological polar surface area (TPSA) is 74.6 Å². The van der Waals surface area contributed by atoms with Gasteiger partial charge in [0.15, 0.2) is 0 Å². The zero-order valence-corrected chi connectivity index (χ0v) is 14.2. The van der Waals surface area contributed by atoms with Gasteiger partial charge in [0.2, 0.25) is 0 Å². The van der Waals surface area contributed by atoms with Crippen molar-refractivity contribution in [2.75, 3.05) is 0 Å². The van der Waals surface area contributed by atoms with Crippen molar-refractivity contribution in [3.8, 4) is 0 Å². The zero-order valence-electron chi connectivity index (χ0n) is 12.2. The molecule has 0 fully saturated rings. The quantitative estimate of drug-likeness (QED) is 0.551. The van der Waals surface area contributed by atoms with E-state index < -0.39 is 11.9 Å². The standard InChI is InChI=1S/C12H8O4.2Na.2H/c13-11(14)9-5-1-3-7-8(9)4-2-6-10(7)12(15)16;;;;/h1-6H,(H,13,14)(H,15,16);;;;/q;2*+1;2*-1. The summed E-state index contributed by atoms with van der Waals surface area (Å²) < 4.78 is 0. The normalized spacial score (nSPS) is 9.11. The van der Waals surface area contributed by atoms with Crippen molar-refractivity contribution >= 4 is 22.7 Å². The minimum atomic E-state index is -1.06. The minimum absolute atomic E-state index is 0. The summed E-state index contributed by atoms with van der Waals surface area (Å²) in [7, 11) is 0. The Morgan fingerprint density at radius 2 is 1.11 bits per heavy atom. The van der Waals surface area contributed by atoms with Gasteiger partial charge < -0.3 is 13.1 Å². The fourth-order valence-corrected chi connectivity index (χ4v) is 1.68. The third-order valence-electron chi connectivity index (χ3n) is 2.38. The smallest absolute Gasteiger partial charge is 1.00 e. The molecule has 2 N–H and O–H groups in total. The van der Waals surface area contributed by atoms with Crippen LogP contribution >= 0.6 is 0 Å². The summed E-state index contributed by atoms with van der Waals surface area (Å²) in [5.41, 5.74) is 0.223. The average molecular weight is 264 g/mol. The van der Waals surface area contributed by atoms with Gasteiger partial charge in [-0.2, -0.15) is 0 Å². The third-order valence-corrected chi connectivity index (χ3v) is 2.38. The molecular formula is C12H10Na2O4. The van der Waals surface area contributed by atoms with Crippen LogP contribution in [0, 0.1) is 0 Å². The van der Waals surface area contributed by atoms with Crippen molar-refractivity contribution in [3.63, 3.8) is 0 Å². The molecule has 2 rings (SSSR count). The zero-order chi connectivity index (χ0) is 11.7. The van der Waals surface area contributed by atoms with Gasteiger partial charge in [0.25, 0.3) is 0 Å². The molecule has 0 aliphatic carbocycles. The molecule has 0 bridgehead atoms. The molecule has 2 aromatic carbocycles. The first-order valence-corrected chi connectivity index (χ1v) is 4.59. The van der Waals surface area contributed by atoms with Crippen LogP contribution in [0.2, 0.25) is 0 Å². The van der Waals surface area contributed by atoms with Gasteiger partial charge in [0.1, 0.15) is 0 Å². The van der Waals surface area contributed by atoms with Crippen LogP contribution in [0.25, 0.3) is 10.8 Å². The first-order chi connectivity index (χ1) is 7.61. The monoisotopic (exact) mass is 264 g/mol. The van der Waals surface area contributed by atoms with Gasteiger partial charge in [-0.05, 0) is 22.9 Å². The van der Waals surface area contributed by atoms with E-state index in [0.29, 0.717) is 10.8 Å². The molecule has 0 unspecified atom stereocenters. The summed E-state index contributed by atoms with van der Waals surface area (Å²) in [6.45, 7) is 0. The second kappa shape index (κ2) is 7.28. The summed E-state index contributed by atoms with van der Waals surface area (Å²) in [6, 6.07) is 9.19. The molecule has 4 nitrogen and oxygen atoms in total. The Hall–Kier alpha value is -0.360.